The van der Waals surface area contributed by atoms with Gasteiger partial charge in [-0.15, -0.1) is 0 Å². The zero-order valence-electron chi connectivity index (χ0n) is 10.3. The Bertz CT molecular complexity index is 497. The van der Waals surface area contributed by atoms with Crippen LogP contribution in [0, 0.1) is 13.8 Å². The molecule has 2 aromatic rings. The maximum Gasteiger partial charge on any atom is 0.143 e. The highest BCUT2D eigenvalue weighted by molar-refractivity contribution is 5.88. The van der Waals surface area contributed by atoms with E-state index in [0.717, 1.165) is 41.5 Å². The maximum absolute atomic E-state index is 4.55. The molecule has 0 amide bonds. The number of H-pyrrole nitrogens is 1. The van der Waals surface area contributed by atoms with Gasteiger partial charge >= 0.3 is 0 Å². The van der Waals surface area contributed by atoms with Crippen LogP contribution < -0.4 is 4.90 Å². The van der Waals surface area contributed by atoms with Gasteiger partial charge in [0.1, 0.15) is 17.3 Å². The summed E-state index contributed by atoms with van der Waals surface area (Å²) in [5.74, 6) is 1.85. The summed E-state index contributed by atoms with van der Waals surface area (Å²) in [5, 5.41) is 1.12. The molecule has 0 atom stereocenters. The molecule has 86 valence electrons. The minimum atomic E-state index is 0.816. The molecule has 0 saturated carbocycles. The van der Waals surface area contributed by atoms with Gasteiger partial charge in [0.05, 0.1) is 5.39 Å². The van der Waals surface area contributed by atoms with Crippen LogP contribution in [0.5, 0.6) is 0 Å². The molecule has 0 aromatic carbocycles. The van der Waals surface area contributed by atoms with Crippen LogP contribution >= 0.6 is 0 Å². The molecule has 0 saturated heterocycles. The van der Waals surface area contributed by atoms with E-state index in [-0.39, 0.29) is 0 Å². The maximum atomic E-state index is 4.55. The number of aromatic amines is 1. The van der Waals surface area contributed by atoms with Gasteiger partial charge in [-0.3, -0.25) is 0 Å². The fourth-order valence-corrected chi connectivity index (χ4v) is 2.00. The molecule has 0 unspecified atom stereocenters. The van der Waals surface area contributed by atoms with Crippen molar-refractivity contribution < 1.29 is 0 Å². The van der Waals surface area contributed by atoms with Crippen LogP contribution in [0.3, 0.4) is 0 Å². The van der Waals surface area contributed by atoms with E-state index < -0.39 is 0 Å². The van der Waals surface area contributed by atoms with E-state index in [1.54, 1.807) is 0 Å². The average Bonchev–Trinajstić information content (AvgIpc) is 2.60. The summed E-state index contributed by atoms with van der Waals surface area (Å²) in [6.07, 6.45) is 0. The first-order valence-electron chi connectivity index (χ1n) is 5.74. The molecule has 0 radical (unpaired) electrons. The molecule has 0 aliphatic heterocycles. The fourth-order valence-electron chi connectivity index (χ4n) is 2.00. The number of nitrogens with one attached hydrogen (secondary N) is 1. The predicted molar refractivity (Wildman–Crippen MR) is 66.9 cm³/mol. The molecular formula is C12H18N4. The van der Waals surface area contributed by atoms with Gasteiger partial charge in [0.25, 0.3) is 0 Å². The number of aromatic nitrogens is 3. The summed E-state index contributed by atoms with van der Waals surface area (Å²) in [6, 6.07) is 2.11. The number of hydrogen-bond acceptors (Lipinski definition) is 3. The lowest BCUT2D eigenvalue weighted by atomic mass is 10.3. The van der Waals surface area contributed by atoms with Crippen LogP contribution in [-0.2, 0) is 0 Å². The Morgan fingerprint density at radius 2 is 1.88 bits per heavy atom. The second-order valence-electron chi connectivity index (χ2n) is 3.98. The summed E-state index contributed by atoms with van der Waals surface area (Å²) in [5.41, 5.74) is 2.07. The Labute approximate surface area is 95.7 Å². The predicted octanol–water partition coefficient (Wildman–Crippen LogP) is 2.42. The van der Waals surface area contributed by atoms with Crippen molar-refractivity contribution in [2.45, 2.75) is 27.7 Å². The Balaban J connectivity index is 2.66. The third-order valence-electron chi connectivity index (χ3n) is 2.78. The first-order chi connectivity index (χ1) is 7.65. The number of anilines is 1. The van der Waals surface area contributed by atoms with E-state index >= 15 is 0 Å². The van der Waals surface area contributed by atoms with E-state index in [0.29, 0.717) is 0 Å². The van der Waals surface area contributed by atoms with Crippen LogP contribution in [0.4, 0.5) is 5.82 Å². The number of fused-ring (bicyclic) bond motifs is 1. The highest BCUT2D eigenvalue weighted by Gasteiger charge is 2.12. The molecule has 0 aliphatic rings. The van der Waals surface area contributed by atoms with Crippen molar-refractivity contribution in [1.29, 1.82) is 0 Å². The highest BCUT2D eigenvalue weighted by atomic mass is 15.2. The van der Waals surface area contributed by atoms with E-state index in [9.17, 15) is 0 Å². The number of rotatable bonds is 3. The first-order valence-corrected chi connectivity index (χ1v) is 5.74. The van der Waals surface area contributed by atoms with Crippen molar-refractivity contribution in [3.05, 3.63) is 17.6 Å². The minimum Gasteiger partial charge on any atom is -0.357 e. The van der Waals surface area contributed by atoms with Crippen LogP contribution in [-0.4, -0.2) is 28.0 Å². The zero-order valence-corrected chi connectivity index (χ0v) is 10.3. The molecule has 4 heteroatoms. The second kappa shape index (κ2) is 4.12. The van der Waals surface area contributed by atoms with Gasteiger partial charge in [-0.2, -0.15) is 0 Å². The van der Waals surface area contributed by atoms with Crippen molar-refractivity contribution in [2.24, 2.45) is 0 Å². The average molecular weight is 218 g/mol. The molecule has 16 heavy (non-hydrogen) atoms. The van der Waals surface area contributed by atoms with Crippen molar-refractivity contribution in [3.63, 3.8) is 0 Å². The summed E-state index contributed by atoms with van der Waals surface area (Å²) in [6.45, 7) is 10.2. The van der Waals surface area contributed by atoms with E-state index in [4.69, 9.17) is 0 Å². The Kier molecular flexibility index (Phi) is 2.81. The molecule has 2 heterocycles. The molecule has 0 bridgehead atoms. The van der Waals surface area contributed by atoms with Crippen molar-refractivity contribution in [2.75, 3.05) is 18.0 Å². The number of nitrogens with zero attached hydrogens (tertiary/aromatic N) is 3. The Morgan fingerprint density at radius 3 is 2.50 bits per heavy atom. The van der Waals surface area contributed by atoms with Crippen molar-refractivity contribution in [3.8, 4) is 0 Å². The third kappa shape index (κ3) is 1.75. The van der Waals surface area contributed by atoms with Gasteiger partial charge in [0.2, 0.25) is 0 Å². The standard InChI is InChI=1S/C12H18N4/c1-5-16(6-2)12-10-7-8(3)13-11(10)14-9(4)15-12/h7H,5-6H2,1-4H3,(H,13,14,15). The molecule has 2 rings (SSSR count). The lowest BCUT2D eigenvalue weighted by Crippen LogP contribution is -2.23. The number of hydrogen-bond donors (Lipinski definition) is 1. The largest absolute Gasteiger partial charge is 0.357 e. The number of aryl methyl sites for hydroxylation is 2. The quantitative estimate of drug-likeness (QED) is 0.860. The van der Waals surface area contributed by atoms with Gasteiger partial charge in [-0.25, -0.2) is 9.97 Å². The third-order valence-corrected chi connectivity index (χ3v) is 2.78. The summed E-state index contributed by atoms with van der Waals surface area (Å²) in [7, 11) is 0. The van der Waals surface area contributed by atoms with Gasteiger partial charge in [-0.05, 0) is 33.8 Å². The monoisotopic (exact) mass is 218 g/mol. The molecular weight excluding hydrogens is 200 g/mol. The smallest absolute Gasteiger partial charge is 0.143 e. The lowest BCUT2D eigenvalue weighted by molar-refractivity contribution is 0.842. The molecule has 4 nitrogen and oxygen atoms in total. The summed E-state index contributed by atoms with van der Waals surface area (Å²) >= 11 is 0. The first kappa shape index (κ1) is 10.9. The second-order valence-corrected chi connectivity index (χ2v) is 3.98. The normalized spacial score (nSPS) is 11.0. The van der Waals surface area contributed by atoms with E-state index in [2.05, 4.69) is 39.8 Å². The van der Waals surface area contributed by atoms with Gasteiger partial charge in [-0.1, -0.05) is 0 Å². The summed E-state index contributed by atoms with van der Waals surface area (Å²) in [4.78, 5) is 14.5. The van der Waals surface area contributed by atoms with Crippen LogP contribution in [0.25, 0.3) is 11.0 Å². The van der Waals surface area contributed by atoms with Gasteiger partial charge < -0.3 is 9.88 Å². The molecule has 0 spiro atoms. The molecule has 1 N–H and O–H groups in total. The Morgan fingerprint density at radius 1 is 1.19 bits per heavy atom. The van der Waals surface area contributed by atoms with Crippen molar-refractivity contribution in [1.82, 2.24) is 15.0 Å². The Hall–Kier alpha value is -1.58. The zero-order chi connectivity index (χ0) is 11.7. The van der Waals surface area contributed by atoms with E-state index in [1.807, 2.05) is 13.8 Å². The molecule has 0 aliphatic carbocycles. The van der Waals surface area contributed by atoms with Crippen LogP contribution in [0.2, 0.25) is 0 Å². The topological polar surface area (TPSA) is 44.8 Å². The summed E-state index contributed by atoms with van der Waals surface area (Å²) < 4.78 is 0. The van der Waals surface area contributed by atoms with Crippen LogP contribution in [0.1, 0.15) is 25.4 Å². The molecule has 0 fully saturated rings. The minimum absolute atomic E-state index is 0.816. The lowest BCUT2D eigenvalue weighted by Gasteiger charge is -2.20. The SMILES string of the molecule is CCN(CC)c1nc(C)nc2[nH]c(C)cc12. The van der Waals surface area contributed by atoms with Crippen molar-refractivity contribution >= 4 is 16.9 Å². The highest BCUT2D eigenvalue weighted by Crippen LogP contribution is 2.24. The van der Waals surface area contributed by atoms with Gasteiger partial charge in [0.15, 0.2) is 0 Å². The fraction of sp³-hybridized carbons (Fsp3) is 0.500. The van der Waals surface area contributed by atoms with Gasteiger partial charge in [0, 0.05) is 18.8 Å². The molecule has 2 aromatic heterocycles. The van der Waals surface area contributed by atoms with Crippen LogP contribution in [0.15, 0.2) is 6.07 Å². The van der Waals surface area contributed by atoms with E-state index in [1.165, 1.54) is 0 Å².